The number of anilines is 1. The number of halogens is 1. The van der Waals surface area contributed by atoms with E-state index in [0.29, 0.717) is 21.9 Å². The van der Waals surface area contributed by atoms with Crippen LogP contribution in [0.2, 0.25) is 0 Å². The molecule has 0 saturated heterocycles. The second-order valence-electron chi connectivity index (χ2n) is 4.63. The summed E-state index contributed by atoms with van der Waals surface area (Å²) in [6.45, 7) is 5.42. The number of hydrogen-bond acceptors (Lipinski definition) is 2. The van der Waals surface area contributed by atoms with Crippen LogP contribution in [0.15, 0.2) is 53.9 Å². The lowest BCUT2D eigenvalue weighted by molar-refractivity contribution is 0.632. The van der Waals surface area contributed by atoms with Crippen LogP contribution < -0.4 is 5.73 Å². The summed E-state index contributed by atoms with van der Waals surface area (Å²) in [6.07, 6.45) is 0. The van der Waals surface area contributed by atoms with E-state index < -0.39 is 10.8 Å². The monoisotopic (exact) mass is 289 g/mol. The minimum absolute atomic E-state index is 0.344. The molecule has 0 spiro atoms. The van der Waals surface area contributed by atoms with Crippen molar-refractivity contribution < 1.29 is 8.60 Å². The zero-order chi connectivity index (χ0) is 14.7. The molecule has 0 saturated carbocycles. The van der Waals surface area contributed by atoms with E-state index in [1.54, 1.807) is 19.1 Å². The van der Waals surface area contributed by atoms with E-state index in [1.165, 1.54) is 6.07 Å². The van der Waals surface area contributed by atoms with Crippen LogP contribution in [0.3, 0.4) is 0 Å². The lowest BCUT2D eigenvalue weighted by Gasteiger charge is -2.06. The van der Waals surface area contributed by atoms with Crippen molar-refractivity contribution in [3.05, 3.63) is 65.3 Å². The maximum Gasteiger partial charge on any atom is 0.133 e. The average Bonchev–Trinajstić information content (AvgIpc) is 2.40. The Kier molecular flexibility index (Phi) is 4.35. The van der Waals surface area contributed by atoms with Gasteiger partial charge in [0.15, 0.2) is 0 Å². The van der Waals surface area contributed by atoms with E-state index in [4.69, 9.17) is 5.73 Å². The lowest BCUT2D eigenvalue weighted by Crippen LogP contribution is -1.95. The van der Waals surface area contributed by atoms with Crippen LogP contribution >= 0.6 is 0 Å². The molecule has 0 bridgehead atoms. The summed E-state index contributed by atoms with van der Waals surface area (Å²) < 4.78 is 25.5. The highest BCUT2D eigenvalue weighted by Crippen LogP contribution is 2.25. The van der Waals surface area contributed by atoms with Gasteiger partial charge >= 0.3 is 0 Å². The molecule has 2 N–H and O–H groups in total. The first kappa shape index (κ1) is 14.5. The summed E-state index contributed by atoms with van der Waals surface area (Å²) >= 11 is 0. The topological polar surface area (TPSA) is 43.1 Å². The van der Waals surface area contributed by atoms with Gasteiger partial charge in [-0.2, -0.15) is 0 Å². The van der Waals surface area contributed by atoms with Crippen molar-refractivity contribution >= 4 is 16.5 Å². The Balaban J connectivity index is 2.24. The van der Waals surface area contributed by atoms with E-state index in [2.05, 4.69) is 6.58 Å². The molecule has 2 aromatic carbocycles. The second-order valence-corrected chi connectivity index (χ2v) is 6.30. The number of benzene rings is 2. The van der Waals surface area contributed by atoms with Crippen molar-refractivity contribution in [3.8, 4) is 11.1 Å². The van der Waals surface area contributed by atoms with Crippen LogP contribution in [0.1, 0.15) is 12.5 Å². The summed E-state index contributed by atoms with van der Waals surface area (Å²) in [5.74, 6) is 0.0862. The van der Waals surface area contributed by atoms with Gasteiger partial charge in [0.2, 0.25) is 0 Å². The van der Waals surface area contributed by atoms with Crippen LogP contribution in [-0.2, 0) is 16.6 Å². The highest BCUT2D eigenvalue weighted by Gasteiger charge is 2.07. The summed E-state index contributed by atoms with van der Waals surface area (Å²) in [5.41, 5.74) is 8.15. The van der Waals surface area contributed by atoms with Crippen molar-refractivity contribution in [1.29, 1.82) is 0 Å². The standard InChI is InChI=1S/C16H16FNOS/c1-11(2)20(19)10-12-3-5-13(6-4-12)15-8-7-14(18)9-16(15)17/h3-9H,1,10,18H2,2H3. The molecule has 0 fully saturated rings. The molecule has 0 aliphatic carbocycles. The minimum Gasteiger partial charge on any atom is -0.399 e. The van der Waals surface area contributed by atoms with Crippen LogP contribution in [0.4, 0.5) is 10.1 Å². The first-order valence-electron chi connectivity index (χ1n) is 6.15. The zero-order valence-corrected chi connectivity index (χ0v) is 12.0. The van der Waals surface area contributed by atoms with E-state index in [1.807, 2.05) is 24.3 Å². The third-order valence-electron chi connectivity index (χ3n) is 2.94. The molecule has 0 aliphatic rings. The van der Waals surface area contributed by atoms with Crippen molar-refractivity contribution in [2.24, 2.45) is 0 Å². The van der Waals surface area contributed by atoms with Crippen molar-refractivity contribution in [2.75, 3.05) is 5.73 Å². The van der Waals surface area contributed by atoms with Crippen LogP contribution in [0.5, 0.6) is 0 Å². The quantitative estimate of drug-likeness (QED) is 0.869. The normalized spacial score (nSPS) is 12.1. The Labute approximate surface area is 120 Å². The molecule has 20 heavy (non-hydrogen) atoms. The number of nitrogen functional groups attached to an aromatic ring is 1. The Bertz CT molecular complexity index is 665. The van der Waals surface area contributed by atoms with Gasteiger partial charge in [-0.25, -0.2) is 4.39 Å². The molecule has 2 rings (SSSR count). The SMILES string of the molecule is C=C(C)S(=O)Cc1ccc(-c2ccc(N)cc2F)cc1. The van der Waals surface area contributed by atoms with Crippen molar-refractivity contribution in [3.63, 3.8) is 0 Å². The predicted molar refractivity (Wildman–Crippen MR) is 82.9 cm³/mol. The molecular weight excluding hydrogens is 273 g/mol. The number of nitrogens with two attached hydrogens (primary N) is 1. The molecule has 0 aliphatic heterocycles. The van der Waals surface area contributed by atoms with Crippen molar-refractivity contribution in [1.82, 2.24) is 0 Å². The highest BCUT2D eigenvalue weighted by atomic mass is 32.2. The fourth-order valence-corrected chi connectivity index (χ4v) is 2.56. The Morgan fingerprint density at radius 1 is 1.25 bits per heavy atom. The maximum atomic E-state index is 13.8. The Hall–Kier alpha value is -1.94. The first-order chi connectivity index (χ1) is 9.47. The largest absolute Gasteiger partial charge is 0.399 e. The number of allylic oxidation sites excluding steroid dienone is 1. The minimum atomic E-state index is -1.07. The van der Waals surface area contributed by atoms with Gasteiger partial charge in [-0.1, -0.05) is 30.8 Å². The Morgan fingerprint density at radius 2 is 1.90 bits per heavy atom. The van der Waals surface area contributed by atoms with E-state index in [-0.39, 0.29) is 5.82 Å². The van der Waals surface area contributed by atoms with E-state index in [9.17, 15) is 8.60 Å². The third kappa shape index (κ3) is 3.33. The van der Waals surface area contributed by atoms with Crippen LogP contribution in [0.25, 0.3) is 11.1 Å². The molecule has 0 heterocycles. The molecule has 1 atom stereocenters. The van der Waals surface area contributed by atoms with Gasteiger partial charge in [-0.3, -0.25) is 4.21 Å². The molecule has 4 heteroatoms. The van der Waals surface area contributed by atoms with Crippen LogP contribution in [0, 0.1) is 5.82 Å². The molecule has 1 unspecified atom stereocenters. The Morgan fingerprint density at radius 3 is 2.45 bits per heavy atom. The van der Waals surface area contributed by atoms with Gasteiger partial charge in [0.1, 0.15) is 5.82 Å². The fourth-order valence-electron chi connectivity index (χ4n) is 1.82. The van der Waals surface area contributed by atoms with Gasteiger partial charge in [0.05, 0.1) is 16.6 Å². The molecule has 0 aromatic heterocycles. The summed E-state index contributed by atoms with van der Waals surface area (Å²) in [7, 11) is -1.07. The molecule has 2 aromatic rings. The fraction of sp³-hybridized carbons (Fsp3) is 0.125. The molecule has 0 radical (unpaired) electrons. The molecular formula is C16H16FNOS. The first-order valence-corrected chi connectivity index (χ1v) is 7.47. The lowest BCUT2D eigenvalue weighted by atomic mass is 10.0. The van der Waals surface area contributed by atoms with E-state index >= 15 is 0 Å². The smallest absolute Gasteiger partial charge is 0.133 e. The predicted octanol–water partition coefficient (Wildman–Crippen LogP) is 3.86. The van der Waals surface area contributed by atoms with Gasteiger partial charge < -0.3 is 5.73 Å². The summed E-state index contributed by atoms with van der Waals surface area (Å²) in [6, 6.07) is 12.0. The van der Waals surface area contributed by atoms with Gasteiger partial charge in [0.25, 0.3) is 0 Å². The maximum absolute atomic E-state index is 13.8. The summed E-state index contributed by atoms with van der Waals surface area (Å²) in [4.78, 5) is 0.652. The third-order valence-corrected chi connectivity index (χ3v) is 4.32. The molecule has 0 amide bonds. The number of hydrogen-bond donors (Lipinski definition) is 1. The molecule has 2 nitrogen and oxygen atoms in total. The van der Waals surface area contributed by atoms with Gasteiger partial charge in [-0.15, -0.1) is 0 Å². The summed E-state index contributed by atoms with van der Waals surface area (Å²) in [5, 5.41) is 0. The second kappa shape index (κ2) is 6.01. The highest BCUT2D eigenvalue weighted by molar-refractivity contribution is 7.88. The van der Waals surface area contributed by atoms with Crippen molar-refractivity contribution in [2.45, 2.75) is 12.7 Å². The van der Waals surface area contributed by atoms with Crippen LogP contribution in [-0.4, -0.2) is 4.21 Å². The van der Waals surface area contributed by atoms with Gasteiger partial charge in [-0.05, 0) is 36.2 Å². The van der Waals surface area contributed by atoms with E-state index in [0.717, 1.165) is 11.1 Å². The average molecular weight is 289 g/mol. The molecule has 104 valence electrons. The number of rotatable bonds is 4. The zero-order valence-electron chi connectivity index (χ0n) is 11.2. The van der Waals surface area contributed by atoms with Gasteiger partial charge in [0, 0.05) is 16.2 Å².